The number of ether oxygens (including phenoxy) is 1. The minimum absolute atomic E-state index is 0.00468. The second kappa shape index (κ2) is 7.31. The van der Waals surface area contributed by atoms with E-state index in [1.165, 1.54) is 17.0 Å². The zero-order chi connectivity index (χ0) is 16.9. The number of hydrogen-bond donors (Lipinski definition) is 2. The molecule has 2 aromatic rings. The smallest absolute Gasteiger partial charge is 0.322 e. The molecule has 1 fully saturated rings. The van der Waals surface area contributed by atoms with E-state index in [-0.39, 0.29) is 30.6 Å². The summed E-state index contributed by atoms with van der Waals surface area (Å²) < 4.78 is 19.9. The third kappa shape index (κ3) is 3.83. The molecule has 0 radical (unpaired) electrons. The summed E-state index contributed by atoms with van der Waals surface area (Å²) in [5.74, 6) is 0.207. The van der Waals surface area contributed by atoms with Gasteiger partial charge in [0.25, 0.3) is 0 Å². The molecule has 0 aromatic heterocycles. The van der Waals surface area contributed by atoms with E-state index < -0.39 is 11.8 Å². The molecule has 0 saturated heterocycles. The van der Waals surface area contributed by atoms with Gasteiger partial charge in [0.05, 0.1) is 6.61 Å². The van der Waals surface area contributed by atoms with Gasteiger partial charge in [0, 0.05) is 12.6 Å². The van der Waals surface area contributed by atoms with Crippen LogP contribution in [0, 0.1) is 5.82 Å². The van der Waals surface area contributed by atoms with Crippen molar-refractivity contribution < 1.29 is 19.0 Å². The number of hydrogen-bond acceptors (Lipinski definition) is 3. The number of nitrogens with zero attached hydrogens (tertiary/aromatic N) is 1. The molecule has 0 unspecified atom stereocenters. The molecule has 5 nitrogen and oxygen atoms in total. The number of carbonyl (C=O) groups excluding carboxylic acids is 1. The van der Waals surface area contributed by atoms with Crippen molar-refractivity contribution in [1.82, 2.24) is 4.90 Å². The summed E-state index contributed by atoms with van der Waals surface area (Å²) in [6.07, 6.45) is 1.80. The van der Waals surface area contributed by atoms with Crippen molar-refractivity contribution in [3.05, 3.63) is 54.3 Å². The van der Waals surface area contributed by atoms with Gasteiger partial charge < -0.3 is 20.1 Å². The number of aliphatic hydroxyl groups excluding tert-OH is 1. The zero-order valence-electron chi connectivity index (χ0n) is 13.1. The number of aliphatic hydroxyl groups is 1. The molecule has 1 saturated carbocycles. The molecule has 2 aromatic carbocycles. The minimum atomic E-state index is -0.573. The number of amides is 2. The molecule has 1 aliphatic carbocycles. The maximum absolute atomic E-state index is 14.2. The van der Waals surface area contributed by atoms with Crippen LogP contribution in [0.25, 0.3) is 0 Å². The van der Waals surface area contributed by atoms with Gasteiger partial charge in [-0.25, -0.2) is 9.18 Å². The van der Waals surface area contributed by atoms with E-state index >= 15 is 0 Å². The number of anilines is 1. The Morgan fingerprint density at radius 2 is 1.96 bits per heavy atom. The quantitative estimate of drug-likeness (QED) is 0.850. The minimum Gasteiger partial charge on any atom is -0.455 e. The zero-order valence-corrected chi connectivity index (χ0v) is 13.1. The first kappa shape index (κ1) is 16.3. The molecular formula is C18H19FN2O3. The molecule has 6 heteroatoms. The number of benzene rings is 2. The first-order chi connectivity index (χ1) is 11.7. The molecule has 2 amide bonds. The Hall–Kier alpha value is -2.60. The fourth-order valence-corrected chi connectivity index (χ4v) is 2.45. The van der Waals surface area contributed by atoms with Crippen LogP contribution in [0.5, 0.6) is 11.5 Å². The maximum atomic E-state index is 14.2. The number of rotatable bonds is 6. The number of carbonyl (C=O) groups is 1. The second-order valence-corrected chi connectivity index (χ2v) is 5.61. The SMILES string of the molecule is O=C(Nc1c(F)cccc1Oc1ccccc1)N(CCO)C1CC1. The van der Waals surface area contributed by atoms with Gasteiger partial charge in [0.15, 0.2) is 11.6 Å². The lowest BCUT2D eigenvalue weighted by atomic mass is 10.2. The van der Waals surface area contributed by atoms with E-state index in [2.05, 4.69) is 5.32 Å². The number of halogens is 1. The van der Waals surface area contributed by atoms with Crippen molar-refractivity contribution >= 4 is 11.7 Å². The monoisotopic (exact) mass is 330 g/mol. The van der Waals surface area contributed by atoms with Crippen molar-refractivity contribution in [1.29, 1.82) is 0 Å². The summed E-state index contributed by atoms with van der Waals surface area (Å²) in [6, 6.07) is 13.0. The molecule has 126 valence electrons. The van der Waals surface area contributed by atoms with Gasteiger partial charge in [-0.2, -0.15) is 0 Å². The van der Waals surface area contributed by atoms with E-state index in [9.17, 15) is 9.18 Å². The fourth-order valence-electron chi connectivity index (χ4n) is 2.45. The average Bonchev–Trinajstić information content (AvgIpc) is 3.41. The van der Waals surface area contributed by atoms with Gasteiger partial charge >= 0.3 is 6.03 Å². The third-order valence-electron chi connectivity index (χ3n) is 3.77. The Bertz CT molecular complexity index is 705. The molecule has 2 N–H and O–H groups in total. The number of para-hydroxylation sites is 2. The van der Waals surface area contributed by atoms with Crippen LogP contribution in [0.15, 0.2) is 48.5 Å². The first-order valence-electron chi connectivity index (χ1n) is 7.89. The van der Waals surface area contributed by atoms with Crippen molar-refractivity contribution in [3.8, 4) is 11.5 Å². The molecule has 1 aliphatic rings. The first-order valence-corrected chi connectivity index (χ1v) is 7.89. The highest BCUT2D eigenvalue weighted by atomic mass is 19.1. The van der Waals surface area contributed by atoms with E-state index in [1.807, 2.05) is 18.2 Å². The molecule has 0 spiro atoms. The Balaban J connectivity index is 1.80. The van der Waals surface area contributed by atoms with Crippen LogP contribution in [-0.4, -0.2) is 35.2 Å². The van der Waals surface area contributed by atoms with Crippen molar-refractivity contribution in [2.75, 3.05) is 18.5 Å². The molecule has 0 bridgehead atoms. The predicted octanol–water partition coefficient (Wildman–Crippen LogP) is 3.61. The fraction of sp³-hybridized carbons (Fsp3) is 0.278. The largest absolute Gasteiger partial charge is 0.455 e. The Labute approximate surface area is 139 Å². The molecule has 3 rings (SSSR count). The van der Waals surface area contributed by atoms with Crippen LogP contribution in [0.4, 0.5) is 14.9 Å². The van der Waals surface area contributed by atoms with E-state index in [1.54, 1.807) is 18.2 Å². The summed E-state index contributed by atoms with van der Waals surface area (Å²) in [6.45, 7) is 0.0917. The van der Waals surface area contributed by atoms with E-state index in [0.717, 1.165) is 12.8 Å². The third-order valence-corrected chi connectivity index (χ3v) is 3.77. The average molecular weight is 330 g/mol. The standard InChI is InChI=1S/C18H19FN2O3/c19-15-7-4-8-16(24-14-5-2-1-3-6-14)17(15)20-18(23)21(11-12-22)13-9-10-13/h1-8,13,22H,9-12H2,(H,20,23). The second-order valence-electron chi connectivity index (χ2n) is 5.61. The predicted molar refractivity (Wildman–Crippen MR) is 88.7 cm³/mol. The Morgan fingerprint density at radius 3 is 2.62 bits per heavy atom. The Morgan fingerprint density at radius 1 is 1.21 bits per heavy atom. The molecule has 0 heterocycles. The lowest BCUT2D eigenvalue weighted by Crippen LogP contribution is -2.39. The van der Waals surface area contributed by atoms with Crippen LogP contribution in [0.1, 0.15) is 12.8 Å². The van der Waals surface area contributed by atoms with Crippen molar-refractivity contribution in [3.63, 3.8) is 0 Å². The summed E-state index contributed by atoms with van der Waals surface area (Å²) in [7, 11) is 0. The van der Waals surface area contributed by atoms with Gasteiger partial charge in [-0.05, 0) is 37.1 Å². The summed E-state index contributed by atoms with van der Waals surface area (Å²) >= 11 is 0. The molecule has 24 heavy (non-hydrogen) atoms. The molecule has 0 atom stereocenters. The van der Waals surface area contributed by atoms with Gasteiger partial charge in [-0.3, -0.25) is 0 Å². The van der Waals surface area contributed by atoms with Gasteiger partial charge in [-0.1, -0.05) is 24.3 Å². The van der Waals surface area contributed by atoms with Crippen LogP contribution in [-0.2, 0) is 0 Å². The highest BCUT2D eigenvalue weighted by molar-refractivity contribution is 5.91. The van der Waals surface area contributed by atoms with Gasteiger partial charge in [0.2, 0.25) is 0 Å². The summed E-state index contributed by atoms with van der Waals surface area (Å²) in [5, 5.41) is 11.7. The highest BCUT2D eigenvalue weighted by Gasteiger charge is 2.32. The lowest BCUT2D eigenvalue weighted by molar-refractivity contribution is 0.185. The Kier molecular flexibility index (Phi) is 4.96. The number of urea groups is 1. The number of nitrogens with one attached hydrogen (secondary N) is 1. The van der Waals surface area contributed by atoms with Crippen molar-refractivity contribution in [2.24, 2.45) is 0 Å². The van der Waals surface area contributed by atoms with Crippen molar-refractivity contribution in [2.45, 2.75) is 18.9 Å². The molecular weight excluding hydrogens is 311 g/mol. The normalized spacial score (nSPS) is 13.4. The van der Waals surface area contributed by atoms with Crippen LogP contribution >= 0.6 is 0 Å². The van der Waals surface area contributed by atoms with E-state index in [0.29, 0.717) is 5.75 Å². The van der Waals surface area contributed by atoms with Crippen LogP contribution in [0.2, 0.25) is 0 Å². The van der Waals surface area contributed by atoms with Gasteiger partial charge in [0.1, 0.15) is 11.4 Å². The summed E-state index contributed by atoms with van der Waals surface area (Å²) in [5.41, 5.74) is -0.00468. The summed E-state index contributed by atoms with van der Waals surface area (Å²) in [4.78, 5) is 13.9. The van der Waals surface area contributed by atoms with Crippen LogP contribution in [0.3, 0.4) is 0 Å². The lowest BCUT2D eigenvalue weighted by Gasteiger charge is -2.22. The maximum Gasteiger partial charge on any atom is 0.322 e. The molecule has 0 aliphatic heterocycles. The van der Waals surface area contributed by atoms with Gasteiger partial charge in [-0.15, -0.1) is 0 Å². The van der Waals surface area contributed by atoms with Crippen LogP contribution < -0.4 is 10.1 Å². The topological polar surface area (TPSA) is 61.8 Å². The highest BCUT2D eigenvalue weighted by Crippen LogP contribution is 2.33. The van der Waals surface area contributed by atoms with E-state index in [4.69, 9.17) is 9.84 Å².